The zero-order chi connectivity index (χ0) is 22.7. The van der Waals surface area contributed by atoms with E-state index < -0.39 is 0 Å². The van der Waals surface area contributed by atoms with Gasteiger partial charge in [0, 0.05) is 33.3 Å². The van der Waals surface area contributed by atoms with E-state index in [1.165, 1.54) is 66.7 Å². The second kappa shape index (κ2) is 7.98. The molecule has 3 aromatic rings. The maximum absolute atomic E-state index is 4.86. The van der Waals surface area contributed by atoms with Gasteiger partial charge in [-0.3, -0.25) is 4.99 Å². The molecule has 4 fully saturated rings. The molecule has 0 amide bonds. The number of aliphatic imine (C=N–C) groups is 1. The molecule has 4 aliphatic rings. The van der Waals surface area contributed by atoms with Crippen LogP contribution >= 0.6 is 15.9 Å². The first-order valence-corrected chi connectivity index (χ1v) is 13.3. The summed E-state index contributed by atoms with van der Waals surface area (Å²) in [5.41, 5.74) is 9.16. The monoisotopic (exact) mass is 500 g/mol. The van der Waals surface area contributed by atoms with Gasteiger partial charge >= 0.3 is 0 Å². The Kier molecular flexibility index (Phi) is 5.17. The summed E-state index contributed by atoms with van der Waals surface area (Å²) in [4.78, 5) is 4.86. The van der Waals surface area contributed by atoms with Crippen molar-refractivity contribution < 1.29 is 0 Å². The topological polar surface area (TPSA) is 17.3 Å². The van der Waals surface area contributed by atoms with Crippen LogP contribution < -0.4 is 0 Å². The third kappa shape index (κ3) is 3.73. The number of hydrogen-bond acceptors (Lipinski definition) is 1. The fraction of sp³-hybridized carbons (Fsp3) is 0.433. The molecule has 0 aliphatic heterocycles. The molecule has 33 heavy (non-hydrogen) atoms. The minimum Gasteiger partial charge on any atom is -0.318 e. The molecule has 0 saturated heterocycles. The highest BCUT2D eigenvalue weighted by Crippen LogP contribution is 2.60. The lowest BCUT2D eigenvalue weighted by Gasteiger charge is -2.57. The van der Waals surface area contributed by atoms with Gasteiger partial charge in [-0.2, -0.15) is 0 Å². The number of aryl methyl sites for hydroxylation is 2. The lowest BCUT2D eigenvalue weighted by Crippen LogP contribution is -2.48. The third-order valence-electron chi connectivity index (χ3n) is 8.74. The molecule has 0 N–H and O–H groups in total. The van der Waals surface area contributed by atoms with Crippen LogP contribution in [0.15, 0.2) is 58.0 Å². The second-order valence-corrected chi connectivity index (χ2v) is 12.0. The van der Waals surface area contributed by atoms with Crippen LogP contribution in [-0.2, 0) is 5.41 Å². The summed E-state index contributed by atoms with van der Waals surface area (Å²) in [6, 6.07) is 18.0. The average molecular weight is 502 g/mol. The van der Waals surface area contributed by atoms with E-state index in [1.54, 1.807) is 5.56 Å². The summed E-state index contributed by atoms with van der Waals surface area (Å²) in [7, 11) is 0. The molecule has 0 atom stereocenters. The predicted molar refractivity (Wildman–Crippen MR) is 141 cm³/mol. The molecular weight excluding hydrogens is 468 g/mol. The second-order valence-electron chi connectivity index (χ2n) is 11.1. The molecular formula is C30H33BrN2. The Hall–Kier alpha value is -2.13. The van der Waals surface area contributed by atoms with Crippen molar-refractivity contribution in [3.05, 3.63) is 81.1 Å². The molecule has 4 saturated carbocycles. The van der Waals surface area contributed by atoms with E-state index >= 15 is 0 Å². The minimum atomic E-state index is 0.463. The van der Waals surface area contributed by atoms with Crippen molar-refractivity contribution in [3.63, 3.8) is 0 Å². The first kappa shape index (κ1) is 21.4. The maximum Gasteiger partial charge on any atom is 0.0630 e. The summed E-state index contributed by atoms with van der Waals surface area (Å²) in [5, 5.41) is 0. The predicted octanol–water partition coefficient (Wildman–Crippen LogP) is 8.38. The van der Waals surface area contributed by atoms with Gasteiger partial charge in [0.05, 0.1) is 5.69 Å². The summed E-state index contributed by atoms with van der Waals surface area (Å²) >= 11 is 3.61. The third-order valence-corrected chi connectivity index (χ3v) is 9.63. The van der Waals surface area contributed by atoms with Gasteiger partial charge in [-0.05, 0) is 130 Å². The Bertz CT molecular complexity index is 1200. The summed E-state index contributed by atoms with van der Waals surface area (Å²) in [6.07, 6.45) is 10.8. The van der Waals surface area contributed by atoms with Gasteiger partial charge < -0.3 is 4.57 Å². The minimum absolute atomic E-state index is 0.463. The van der Waals surface area contributed by atoms with E-state index in [2.05, 4.69) is 89.8 Å². The first-order chi connectivity index (χ1) is 15.9. The molecule has 1 heterocycles. The van der Waals surface area contributed by atoms with Crippen LogP contribution in [0.25, 0.3) is 5.69 Å². The Morgan fingerprint density at radius 2 is 1.52 bits per heavy atom. The van der Waals surface area contributed by atoms with Crippen LogP contribution in [0.4, 0.5) is 5.69 Å². The zero-order valence-electron chi connectivity index (χ0n) is 19.9. The van der Waals surface area contributed by atoms with Crippen molar-refractivity contribution in [2.75, 3.05) is 0 Å². The van der Waals surface area contributed by atoms with Gasteiger partial charge in [-0.15, -0.1) is 0 Å². The van der Waals surface area contributed by atoms with Crippen LogP contribution in [-0.4, -0.2) is 10.8 Å². The number of rotatable bonds is 4. The van der Waals surface area contributed by atoms with E-state index in [0.717, 1.165) is 27.9 Å². The molecule has 2 aromatic carbocycles. The largest absolute Gasteiger partial charge is 0.318 e. The first-order valence-electron chi connectivity index (χ1n) is 12.5. The molecule has 170 valence electrons. The van der Waals surface area contributed by atoms with Crippen LogP contribution in [0.2, 0.25) is 0 Å². The van der Waals surface area contributed by atoms with E-state index in [-0.39, 0.29) is 0 Å². The molecule has 0 radical (unpaired) electrons. The molecule has 4 aliphatic carbocycles. The Morgan fingerprint density at radius 1 is 0.879 bits per heavy atom. The SMILES string of the molecule is Cc1cc(-n2c(C)cc(C=Nc3ccc(C45CC6CC(CC(C6)C4)C5)cc3)c2C)ccc1Br. The Balaban J connectivity index is 1.24. The Morgan fingerprint density at radius 3 is 2.12 bits per heavy atom. The van der Waals surface area contributed by atoms with Gasteiger partial charge in [-0.25, -0.2) is 0 Å². The number of hydrogen-bond donors (Lipinski definition) is 0. The van der Waals surface area contributed by atoms with Gasteiger partial charge in [0.2, 0.25) is 0 Å². The van der Waals surface area contributed by atoms with Crippen molar-refractivity contribution in [1.29, 1.82) is 0 Å². The molecule has 4 bridgehead atoms. The molecule has 1 aromatic heterocycles. The Labute approximate surface area is 206 Å². The summed E-state index contributed by atoms with van der Waals surface area (Å²) in [6.45, 7) is 6.49. The molecule has 3 heteroatoms. The van der Waals surface area contributed by atoms with Crippen molar-refractivity contribution in [3.8, 4) is 5.69 Å². The van der Waals surface area contributed by atoms with Crippen LogP contribution in [0.3, 0.4) is 0 Å². The van der Waals surface area contributed by atoms with E-state index in [0.29, 0.717) is 5.41 Å². The molecule has 0 unspecified atom stereocenters. The standard InChI is InChI=1S/C30H33BrN2/c1-19-10-28(8-9-29(19)31)33-20(2)11-25(21(33)3)18-32-27-6-4-26(5-7-27)30-15-22-12-23(16-30)14-24(13-22)17-30/h4-11,18,22-24H,12-17H2,1-3H3. The number of benzene rings is 2. The molecule has 0 spiro atoms. The van der Waals surface area contributed by atoms with Crippen LogP contribution in [0.5, 0.6) is 0 Å². The van der Waals surface area contributed by atoms with Crippen LogP contribution in [0.1, 0.15) is 66.6 Å². The lowest BCUT2D eigenvalue weighted by atomic mass is 9.48. The highest BCUT2D eigenvalue weighted by Gasteiger charge is 2.51. The van der Waals surface area contributed by atoms with Gasteiger partial charge in [0.1, 0.15) is 0 Å². The van der Waals surface area contributed by atoms with Crippen molar-refractivity contribution in [2.45, 2.75) is 64.7 Å². The number of nitrogens with zero attached hydrogens (tertiary/aromatic N) is 2. The van der Waals surface area contributed by atoms with Gasteiger partial charge in [-0.1, -0.05) is 28.1 Å². The highest BCUT2D eigenvalue weighted by atomic mass is 79.9. The molecule has 2 nitrogen and oxygen atoms in total. The number of halogens is 1. The van der Waals surface area contributed by atoms with Crippen LogP contribution in [0, 0.1) is 38.5 Å². The van der Waals surface area contributed by atoms with Gasteiger partial charge in [0.15, 0.2) is 0 Å². The molecule has 7 rings (SSSR count). The highest BCUT2D eigenvalue weighted by molar-refractivity contribution is 9.10. The fourth-order valence-corrected chi connectivity index (χ4v) is 7.84. The quantitative estimate of drug-likeness (QED) is 0.320. The number of aromatic nitrogens is 1. The normalized spacial score (nSPS) is 28.2. The van der Waals surface area contributed by atoms with E-state index in [4.69, 9.17) is 4.99 Å². The maximum atomic E-state index is 4.86. The summed E-state index contributed by atoms with van der Waals surface area (Å²) in [5.74, 6) is 2.95. The summed E-state index contributed by atoms with van der Waals surface area (Å²) < 4.78 is 3.46. The fourth-order valence-electron chi connectivity index (χ4n) is 7.59. The lowest BCUT2D eigenvalue weighted by molar-refractivity contribution is -0.00518. The zero-order valence-corrected chi connectivity index (χ0v) is 21.5. The smallest absolute Gasteiger partial charge is 0.0630 e. The average Bonchev–Trinajstić information content (AvgIpc) is 3.07. The van der Waals surface area contributed by atoms with E-state index in [9.17, 15) is 0 Å². The van der Waals surface area contributed by atoms with Crippen molar-refractivity contribution >= 4 is 27.8 Å². The van der Waals surface area contributed by atoms with Crippen molar-refractivity contribution in [1.82, 2.24) is 4.57 Å². The van der Waals surface area contributed by atoms with E-state index in [1.807, 2.05) is 6.21 Å². The van der Waals surface area contributed by atoms with Crippen molar-refractivity contribution in [2.24, 2.45) is 22.7 Å². The van der Waals surface area contributed by atoms with Gasteiger partial charge in [0.25, 0.3) is 0 Å².